The zero-order chi connectivity index (χ0) is 19.3. The molecular weight excluding hydrogens is 411 g/mol. The Bertz CT molecular complexity index is 695. The first-order valence-electron chi connectivity index (χ1n) is 4.86. The Balaban J connectivity index is 6.18. The van der Waals surface area contributed by atoms with Gasteiger partial charge in [-0.05, 0) is 13.8 Å². The highest BCUT2D eigenvalue weighted by Gasteiger charge is 2.80. The van der Waals surface area contributed by atoms with E-state index in [0.29, 0.717) is 0 Å². The van der Waals surface area contributed by atoms with Gasteiger partial charge >= 0.3 is 16.4 Å². The van der Waals surface area contributed by atoms with Crippen molar-refractivity contribution in [2.45, 2.75) is 35.3 Å². The van der Waals surface area contributed by atoms with Crippen molar-refractivity contribution in [2.24, 2.45) is 0 Å². The molecule has 1 atom stereocenters. The van der Waals surface area contributed by atoms with E-state index in [0.717, 1.165) is 0 Å². The summed E-state index contributed by atoms with van der Waals surface area (Å²) in [5.41, 5.74) is 0. The first-order valence-corrected chi connectivity index (χ1v) is 8.93. The van der Waals surface area contributed by atoms with E-state index in [2.05, 4.69) is 0 Å². The highest BCUT2D eigenvalue weighted by atomic mass is 32.3. The maximum absolute atomic E-state index is 13.2. The molecule has 0 rings (SSSR count). The van der Waals surface area contributed by atoms with Crippen LogP contribution in [0.4, 0.5) is 30.7 Å². The van der Waals surface area contributed by atoms with E-state index in [9.17, 15) is 51.8 Å². The highest BCUT2D eigenvalue weighted by Crippen LogP contribution is 2.49. The van der Waals surface area contributed by atoms with Crippen molar-refractivity contribution in [3.8, 4) is 0 Å². The lowest BCUT2D eigenvalue weighted by molar-refractivity contribution is -0.244. The molecule has 0 fully saturated rings. The molecule has 0 saturated carbocycles. The minimum absolute atomic E-state index is 0.137. The summed E-state index contributed by atoms with van der Waals surface area (Å²) >= 11 is -4.95. The summed E-state index contributed by atoms with van der Waals surface area (Å²) in [4.78, 5) is 0. The van der Waals surface area contributed by atoms with E-state index >= 15 is 0 Å². The molecule has 140 valence electrons. The predicted octanol–water partition coefficient (Wildman–Crippen LogP) is 0.984. The summed E-state index contributed by atoms with van der Waals surface area (Å²) in [6, 6.07) is 0. The summed E-state index contributed by atoms with van der Waals surface area (Å²) in [5, 5.41) is -16.9. The molecule has 0 aliphatic carbocycles. The van der Waals surface area contributed by atoms with E-state index in [-0.39, 0.29) is 18.0 Å². The lowest BCUT2D eigenvalue weighted by atomic mass is 10.3. The SMILES string of the molecule is CC(C)(F)S(=O)(=O)NS(=O)(=O)C(F)(F)C(F)(F)C(F)(F)S(=O)O. The third kappa shape index (κ3) is 3.62. The molecule has 0 amide bonds. The van der Waals surface area contributed by atoms with Crippen molar-refractivity contribution >= 4 is 31.1 Å². The summed E-state index contributed by atoms with van der Waals surface area (Å²) in [7, 11) is -13.0. The van der Waals surface area contributed by atoms with Crippen LogP contribution < -0.4 is 4.13 Å². The summed E-state index contributed by atoms with van der Waals surface area (Å²) in [6.07, 6.45) is 0. The van der Waals surface area contributed by atoms with Crippen molar-refractivity contribution in [1.82, 2.24) is 4.13 Å². The average Bonchev–Trinajstić information content (AvgIpc) is 2.24. The van der Waals surface area contributed by atoms with Gasteiger partial charge in [-0.25, -0.2) is 25.4 Å². The predicted molar refractivity (Wildman–Crippen MR) is 61.8 cm³/mol. The zero-order valence-electron chi connectivity index (χ0n) is 10.9. The molecule has 0 radical (unpaired) electrons. The summed E-state index contributed by atoms with van der Waals surface area (Å²) in [6.45, 7) is 0.275. The second-order valence-corrected chi connectivity index (χ2v) is 9.49. The largest absolute Gasteiger partial charge is 0.429 e. The zero-order valence-corrected chi connectivity index (χ0v) is 13.3. The van der Waals surface area contributed by atoms with Crippen molar-refractivity contribution in [3.05, 3.63) is 0 Å². The fraction of sp³-hybridized carbons (Fsp3) is 1.00. The van der Waals surface area contributed by atoms with E-state index in [4.69, 9.17) is 4.55 Å². The van der Waals surface area contributed by atoms with Crippen LogP contribution in [0, 0.1) is 0 Å². The Kier molecular flexibility index (Phi) is 5.65. The van der Waals surface area contributed by atoms with E-state index in [1.54, 1.807) is 0 Å². The molecule has 0 saturated heterocycles. The van der Waals surface area contributed by atoms with Gasteiger partial charge in [-0.2, -0.15) is 26.3 Å². The molecule has 0 heterocycles. The molecule has 0 aliphatic rings. The van der Waals surface area contributed by atoms with Gasteiger partial charge in [0.05, 0.1) is 0 Å². The molecule has 0 aliphatic heterocycles. The number of alkyl halides is 7. The molecule has 7 nitrogen and oxygen atoms in total. The Morgan fingerprint density at radius 2 is 1.22 bits per heavy atom. The molecule has 0 aromatic rings. The van der Waals surface area contributed by atoms with Crippen LogP contribution in [-0.4, -0.2) is 47.0 Å². The summed E-state index contributed by atoms with van der Waals surface area (Å²) < 4.78 is 153. The van der Waals surface area contributed by atoms with E-state index in [1.165, 1.54) is 0 Å². The molecule has 0 bridgehead atoms. The molecule has 17 heteroatoms. The normalized spacial score (nSPS) is 17.1. The summed E-state index contributed by atoms with van der Waals surface area (Å²) in [5.74, 6) is -7.01. The van der Waals surface area contributed by atoms with Crippen LogP contribution in [0.25, 0.3) is 0 Å². The second kappa shape index (κ2) is 5.78. The average molecular weight is 419 g/mol. The van der Waals surface area contributed by atoms with Crippen molar-refractivity contribution in [3.63, 3.8) is 0 Å². The van der Waals surface area contributed by atoms with Gasteiger partial charge < -0.3 is 4.55 Å². The van der Waals surface area contributed by atoms with Crippen LogP contribution in [0.15, 0.2) is 0 Å². The van der Waals surface area contributed by atoms with Gasteiger partial charge in [0.15, 0.2) is 0 Å². The van der Waals surface area contributed by atoms with Crippen LogP contribution in [0.5, 0.6) is 0 Å². The van der Waals surface area contributed by atoms with Crippen LogP contribution in [0.2, 0.25) is 0 Å². The minimum atomic E-state index is -7.16. The fourth-order valence-electron chi connectivity index (χ4n) is 0.744. The third-order valence-corrected chi connectivity index (χ3v) is 6.81. The molecule has 2 N–H and O–H groups in total. The van der Waals surface area contributed by atoms with Crippen LogP contribution in [0.1, 0.15) is 13.8 Å². The second-order valence-electron chi connectivity index (χ2n) is 4.31. The maximum Gasteiger partial charge on any atom is 0.429 e. The number of hydrogen-bond donors (Lipinski definition) is 2. The van der Waals surface area contributed by atoms with Gasteiger partial charge in [0.2, 0.25) is 16.1 Å². The Labute approximate surface area is 127 Å². The standard InChI is InChI=1S/C6H8F7NO6S3/c1-3(2,7)22(17,18)14-23(19,20)6(12,13)4(8,9)5(10,11)21(15)16/h14H,1-2H3,(H,15,16). The fourth-order valence-corrected chi connectivity index (χ4v) is 3.99. The van der Waals surface area contributed by atoms with E-state index in [1.807, 2.05) is 0 Å². The minimum Gasteiger partial charge on any atom is -0.301 e. The number of sulfonamides is 2. The van der Waals surface area contributed by atoms with Crippen molar-refractivity contribution in [1.29, 1.82) is 0 Å². The highest BCUT2D eigenvalue weighted by molar-refractivity contribution is 8.05. The molecule has 0 aromatic heterocycles. The van der Waals surface area contributed by atoms with Crippen LogP contribution in [0.3, 0.4) is 0 Å². The first-order chi connectivity index (χ1) is 9.65. The van der Waals surface area contributed by atoms with Gasteiger partial charge in [0, 0.05) is 0 Å². The van der Waals surface area contributed by atoms with E-state index < -0.39 is 52.6 Å². The maximum atomic E-state index is 13.2. The van der Waals surface area contributed by atoms with Crippen LogP contribution >= 0.6 is 0 Å². The van der Waals surface area contributed by atoms with Gasteiger partial charge in [0.25, 0.3) is 20.0 Å². The first kappa shape index (κ1) is 22.5. The number of nitrogens with one attached hydrogen (secondary N) is 1. The number of hydrogen-bond acceptors (Lipinski definition) is 5. The van der Waals surface area contributed by atoms with Gasteiger partial charge in [-0.1, -0.05) is 0 Å². The van der Waals surface area contributed by atoms with Gasteiger partial charge in [-0.15, -0.1) is 4.13 Å². The van der Waals surface area contributed by atoms with Gasteiger partial charge in [0.1, 0.15) is 0 Å². The smallest absolute Gasteiger partial charge is 0.301 e. The topological polar surface area (TPSA) is 118 Å². The Morgan fingerprint density at radius 1 is 0.870 bits per heavy atom. The molecular formula is C6H8F7NO6S3. The Hall–Kier alpha value is -0.520. The van der Waals surface area contributed by atoms with Crippen LogP contribution in [-0.2, 0) is 31.1 Å². The monoisotopic (exact) mass is 419 g/mol. The lowest BCUT2D eigenvalue weighted by Gasteiger charge is -2.30. The number of rotatable bonds is 7. The van der Waals surface area contributed by atoms with Gasteiger partial charge in [-0.3, -0.25) is 0 Å². The quantitative estimate of drug-likeness (QED) is 0.469. The molecule has 0 aromatic carbocycles. The van der Waals surface area contributed by atoms with Crippen molar-refractivity contribution in [2.75, 3.05) is 0 Å². The third-order valence-electron chi connectivity index (χ3n) is 2.15. The molecule has 0 spiro atoms. The van der Waals surface area contributed by atoms with Crippen molar-refractivity contribution < 1.29 is 56.3 Å². The Morgan fingerprint density at radius 3 is 1.48 bits per heavy atom. The molecule has 23 heavy (non-hydrogen) atoms. The molecule has 1 unspecified atom stereocenters. The lowest BCUT2D eigenvalue weighted by Crippen LogP contribution is -2.62. The number of halogens is 7.